The molecule has 6 nitrogen and oxygen atoms in total. The molecule has 0 spiro atoms. The van der Waals surface area contributed by atoms with E-state index >= 15 is 0 Å². The van der Waals surface area contributed by atoms with Crippen molar-refractivity contribution in [1.82, 2.24) is 19.8 Å². The molecule has 3 rings (SSSR count). The molecule has 1 aromatic carbocycles. The first-order chi connectivity index (χ1) is 10.4. The molecule has 2 heterocycles. The van der Waals surface area contributed by atoms with Gasteiger partial charge in [0.25, 0.3) is 5.56 Å². The minimum absolute atomic E-state index is 0.0349. The number of benzene rings is 1. The largest absolute Gasteiger partial charge is 0.299 e. The number of rotatable bonds is 2. The molecule has 0 N–H and O–H groups in total. The van der Waals surface area contributed by atoms with E-state index in [1.165, 1.54) is 4.52 Å². The predicted octanol–water partition coefficient (Wildman–Crippen LogP) is 1.80. The predicted molar refractivity (Wildman–Crippen MR) is 82.7 cm³/mol. The molecule has 112 valence electrons. The molecule has 0 aliphatic carbocycles. The summed E-state index contributed by atoms with van der Waals surface area (Å²) in [4.78, 5) is 24.6. The Labute approximate surface area is 126 Å². The third-order valence-electron chi connectivity index (χ3n) is 3.58. The number of nitrogens with zero attached hydrogens (tertiary/aromatic N) is 4. The Bertz CT molecular complexity index is 938. The van der Waals surface area contributed by atoms with Crippen molar-refractivity contribution >= 4 is 22.2 Å². The van der Waals surface area contributed by atoms with Crippen molar-refractivity contribution in [3.63, 3.8) is 0 Å². The van der Waals surface area contributed by atoms with Crippen LogP contribution in [-0.2, 0) is 11.2 Å². The minimum atomic E-state index is -0.523. The molecule has 3 aromatic rings. The fraction of sp³-hybridized carbons (Fsp3) is 0.312. The number of ketones is 1. The van der Waals surface area contributed by atoms with Gasteiger partial charge in [-0.25, -0.2) is 0 Å². The molecule has 0 radical (unpaired) electrons. The fourth-order valence-corrected chi connectivity index (χ4v) is 2.15. The average molecular weight is 296 g/mol. The van der Waals surface area contributed by atoms with Crippen molar-refractivity contribution in [2.75, 3.05) is 0 Å². The van der Waals surface area contributed by atoms with Crippen LogP contribution in [0.25, 0.3) is 16.4 Å². The van der Waals surface area contributed by atoms with Crippen LogP contribution < -0.4 is 5.56 Å². The lowest BCUT2D eigenvalue weighted by atomic mass is 9.88. The van der Waals surface area contributed by atoms with E-state index in [4.69, 9.17) is 0 Å². The third-order valence-corrected chi connectivity index (χ3v) is 3.58. The molecule has 0 aliphatic rings. The molecule has 0 unspecified atom stereocenters. The Morgan fingerprint density at radius 1 is 1.18 bits per heavy atom. The summed E-state index contributed by atoms with van der Waals surface area (Å²) >= 11 is 0. The van der Waals surface area contributed by atoms with Gasteiger partial charge in [0, 0.05) is 16.2 Å². The molecule has 2 aromatic heterocycles. The summed E-state index contributed by atoms with van der Waals surface area (Å²) in [6, 6.07) is 7.51. The van der Waals surface area contributed by atoms with Gasteiger partial charge in [-0.1, -0.05) is 45.0 Å². The van der Waals surface area contributed by atoms with E-state index < -0.39 is 11.0 Å². The monoisotopic (exact) mass is 296 g/mol. The van der Waals surface area contributed by atoms with Crippen LogP contribution in [0.3, 0.4) is 0 Å². The van der Waals surface area contributed by atoms with Crippen LogP contribution in [0.5, 0.6) is 0 Å². The molecule has 6 heteroatoms. The zero-order chi connectivity index (χ0) is 15.9. The molecule has 0 amide bonds. The minimum Gasteiger partial charge on any atom is -0.299 e. The standard InChI is InChI=1S/C16H16N4O2/c1-16(2,3)13(21)8-12-15(22)20-14(19-18-12)11-7-5-4-6-10(11)9-17-20/h4-7,9H,8H2,1-3H3. The van der Waals surface area contributed by atoms with E-state index in [0.29, 0.717) is 5.65 Å². The molecule has 0 atom stereocenters. The molecule has 0 bridgehead atoms. The summed E-state index contributed by atoms with van der Waals surface area (Å²) in [5.74, 6) is -0.0559. The van der Waals surface area contributed by atoms with Crippen molar-refractivity contribution in [2.45, 2.75) is 27.2 Å². The number of Topliss-reactive ketones (excluding diaryl/α,β-unsaturated/α-hetero) is 1. The van der Waals surface area contributed by atoms with Gasteiger partial charge < -0.3 is 0 Å². The number of carbonyl (C=O) groups is 1. The number of carbonyl (C=O) groups excluding carboxylic acids is 1. The van der Waals surface area contributed by atoms with E-state index in [2.05, 4.69) is 15.3 Å². The smallest absolute Gasteiger partial charge is 0.296 e. The second kappa shape index (κ2) is 4.98. The van der Waals surface area contributed by atoms with Crippen LogP contribution in [0.2, 0.25) is 0 Å². The van der Waals surface area contributed by atoms with Crippen molar-refractivity contribution < 1.29 is 4.79 Å². The zero-order valence-electron chi connectivity index (χ0n) is 12.7. The summed E-state index contributed by atoms with van der Waals surface area (Å²) in [6.45, 7) is 5.44. The zero-order valence-corrected chi connectivity index (χ0v) is 12.7. The number of hydrogen-bond acceptors (Lipinski definition) is 5. The lowest BCUT2D eigenvalue weighted by Crippen LogP contribution is -2.29. The van der Waals surface area contributed by atoms with Crippen LogP contribution in [0.15, 0.2) is 35.3 Å². The van der Waals surface area contributed by atoms with Crippen molar-refractivity contribution in [3.8, 4) is 0 Å². The molecule has 0 fully saturated rings. The SMILES string of the molecule is CC(C)(C)C(=O)Cc1nnc2c3ccccc3cnn2c1=O. The van der Waals surface area contributed by atoms with Crippen LogP contribution in [0.4, 0.5) is 0 Å². The summed E-state index contributed by atoms with van der Waals surface area (Å²) in [6.07, 6.45) is 1.58. The first-order valence-electron chi connectivity index (χ1n) is 7.03. The van der Waals surface area contributed by atoms with Gasteiger partial charge in [0.2, 0.25) is 0 Å². The molecule has 0 aliphatic heterocycles. The quantitative estimate of drug-likeness (QED) is 0.674. The fourth-order valence-electron chi connectivity index (χ4n) is 2.15. The highest BCUT2D eigenvalue weighted by molar-refractivity contribution is 5.92. The number of fused-ring (bicyclic) bond motifs is 3. The van der Waals surface area contributed by atoms with Gasteiger partial charge in [-0.15, -0.1) is 10.2 Å². The Morgan fingerprint density at radius 3 is 2.64 bits per heavy atom. The lowest BCUT2D eigenvalue weighted by Gasteiger charge is -2.15. The van der Waals surface area contributed by atoms with Gasteiger partial charge >= 0.3 is 0 Å². The maximum absolute atomic E-state index is 12.5. The van der Waals surface area contributed by atoms with Crippen LogP contribution in [0, 0.1) is 5.41 Å². The molecular weight excluding hydrogens is 280 g/mol. The normalized spacial score (nSPS) is 12.0. The van der Waals surface area contributed by atoms with E-state index in [1.54, 1.807) is 6.20 Å². The maximum atomic E-state index is 12.5. The third kappa shape index (κ3) is 2.36. The van der Waals surface area contributed by atoms with E-state index in [-0.39, 0.29) is 17.9 Å². The molecule has 22 heavy (non-hydrogen) atoms. The van der Waals surface area contributed by atoms with Crippen LogP contribution in [-0.4, -0.2) is 25.6 Å². The van der Waals surface area contributed by atoms with E-state index in [9.17, 15) is 9.59 Å². The topological polar surface area (TPSA) is 77.2 Å². The van der Waals surface area contributed by atoms with Gasteiger partial charge in [-0.05, 0) is 0 Å². The summed E-state index contributed by atoms with van der Waals surface area (Å²) in [7, 11) is 0. The molecule has 0 saturated heterocycles. The second-order valence-electron chi connectivity index (χ2n) is 6.27. The van der Waals surface area contributed by atoms with Crippen molar-refractivity contribution in [1.29, 1.82) is 0 Å². The van der Waals surface area contributed by atoms with Gasteiger partial charge in [-0.3, -0.25) is 9.59 Å². The number of hydrogen-bond donors (Lipinski definition) is 0. The Morgan fingerprint density at radius 2 is 1.91 bits per heavy atom. The Kier molecular flexibility index (Phi) is 3.24. The van der Waals surface area contributed by atoms with E-state index in [1.807, 2.05) is 45.0 Å². The first-order valence-corrected chi connectivity index (χ1v) is 7.03. The first kappa shape index (κ1) is 14.3. The number of aromatic nitrogens is 4. The maximum Gasteiger partial charge on any atom is 0.296 e. The average Bonchev–Trinajstić information content (AvgIpc) is 2.48. The highest BCUT2D eigenvalue weighted by Crippen LogP contribution is 2.17. The van der Waals surface area contributed by atoms with Gasteiger partial charge in [0.1, 0.15) is 11.5 Å². The van der Waals surface area contributed by atoms with Gasteiger partial charge in [0.15, 0.2) is 5.65 Å². The highest BCUT2D eigenvalue weighted by atomic mass is 16.1. The highest BCUT2D eigenvalue weighted by Gasteiger charge is 2.23. The summed E-state index contributed by atoms with van der Waals surface area (Å²) in [5.41, 5.74) is -0.395. The lowest BCUT2D eigenvalue weighted by molar-refractivity contribution is -0.125. The summed E-state index contributed by atoms with van der Waals surface area (Å²) in [5, 5.41) is 13.9. The van der Waals surface area contributed by atoms with Gasteiger partial charge in [-0.2, -0.15) is 9.61 Å². The molecular formula is C16H16N4O2. The van der Waals surface area contributed by atoms with Crippen molar-refractivity contribution in [3.05, 3.63) is 46.5 Å². The summed E-state index contributed by atoms with van der Waals surface area (Å²) < 4.78 is 1.21. The van der Waals surface area contributed by atoms with Crippen molar-refractivity contribution in [2.24, 2.45) is 5.41 Å². The molecule has 0 saturated carbocycles. The van der Waals surface area contributed by atoms with Gasteiger partial charge in [0.05, 0.1) is 12.6 Å². The Balaban J connectivity index is 2.17. The van der Waals surface area contributed by atoms with Crippen LogP contribution >= 0.6 is 0 Å². The van der Waals surface area contributed by atoms with Crippen LogP contribution in [0.1, 0.15) is 26.5 Å². The Hall–Kier alpha value is -2.63. The van der Waals surface area contributed by atoms with E-state index in [0.717, 1.165) is 10.8 Å². The second-order valence-corrected chi connectivity index (χ2v) is 6.27.